The number of aliphatic hydroxyl groups excluding tert-OH is 1. The number of alkyl halides is 1. The molecule has 3 nitrogen and oxygen atoms in total. The fourth-order valence-electron chi connectivity index (χ4n) is 1.85. The van der Waals surface area contributed by atoms with Gasteiger partial charge in [0.1, 0.15) is 12.3 Å². The molecule has 1 saturated heterocycles. The molecule has 1 N–H and O–H groups in total. The first kappa shape index (κ1) is 12.5. The van der Waals surface area contributed by atoms with Crippen LogP contribution in [0.2, 0.25) is 0 Å². The average molecular weight is 240 g/mol. The van der Waals surface area contributed by atoms with Gasteiger partial charge in [-0.25, -0.2) is 4.39 Å². The van der Waals surface area contributed by atoms with Gasteiger partial charge in [0.25, 0.3) is 0 Å². The number of benzene rings is 1. The van der Waals surface area contributed by atoms with Crippen LogP contribution in [0.5, 0.6) is 0 Å². The van der Waals surface area contributed by atoms with Crippen molar-refractivity contribution in [2.24, 2.45) is 0 Å². The van der Waals surface area contributed by atoms with Gasteiger partial charge >= 0.3 is 0 Å². The number of halogens is 1. The zero-order chi connectivity index (χ0) is 12.3. The van der Waals surface area contributed by atoms with Gasteiger partial charge in [0.15, 0.2) is 6.29 Å². The van der Waals surface area contributed by atoms with Crippen molar-refractivity contribution in [2.75, 3.05) is 0 Å². The molecule has 4 heteroatoms. The zero-order valence-electron chi connectivity index (χ0n) is 9.75. The van der Waals surface area contributed by atoms with Crippen molar-refractivity contribution in [2.45, 2.75) is 44.6 Å². The monoisotopic (exact) mass is 240 g/mol. The smallest absolute Gasteiger partial charge is 0.181 e. The molecule has 0 spiro atoms. The third-order valence-corrected chi connectivity index (χ3v) is 2.95. The van der Waals surface area contributed by atoms with Gasteiger partial charge < -0.3 is 14.6 Å². The minimum absolute atomic E-state index is 0.176. The third-order valence-electron chi connectivity index (χ3n) is 2.95. The summed E-state index contributed by atoms with van der Waals surface area (Å²) in [4.78, 5) is 0. The van der Waals surface area contributed by atoms with Gasteiger partial charge in [0.05, 0.1) is 12.7 Å². The molecule has 94 valence electrons. The summed E-state index contributed by atoms with van der Waals surface area (Å²) in [5.41, 5.74) is 0.994. The molecule has 0 saturated carbocycles. The summed E-state index contributed by atoms with van der Waals surface area (Å²) in [5.74, 6) is 0. The lowest BCUT2D eigenvalue weighted by Gasteiger charge is -2.34. The Labute approximate surface area is 100 Å². The van der Waals surface area contributed by atoms with E-state index in [1.807, 2.05) is 30.3 Å². The predicted octanol–water partition coefficient (Wildman–Crippen LogP) is 2.04. The lowest BCUT2D eigenvalue weighted by Crippen LogP contribution is -2.45. The van der Waals surface area contributed by atoms with Crippen LogP contribution in [0.25, 0.3) is 0 Å². The van der Waals surface area contributed by atoms with Crippen LogP contribution in [0, 0.1) is 0 Å². The van der Waals surface area contributed by atoms with Crippen LogP contribution >= 0.6 is 0 Å². The van der Waals surface area contributed by atoms with E-state index < -0.39 is 24.7 Å². The van der Waals surface area contributed by atoms with E-state index in [0.717, 1.165) is 5.56 Å². The summed E-state index contributed by atoms with van der Waals surface area (Å²) in [5, 5.41) is 9.62. The molecule has 1 fully saturated rings. The maximum atomic E-state index is 13.4. The molecule has 0 aliphatic carbocycles. The molecule has 0 unspecified atom stereocenters. The van der Waals surface area contributed by atoms with Gasteiger partial charge in [-0.2, -0.15) is 0 Å². The van der Waals surface area contributed by atoms with E-state index >= 15 is 0 Å². The highest BCUT2D eigenvalue weighted by atomic mass is 19.1. The molecule has 0 bridgehead atoms. The van der Waals surface area contributed by atoms with Gasteiger partial charge in [0.2, 0.25) is 0 Å². The molecule has 1 aromatic carbocycles. The van der Waals surface area contributed by atoms with Crippen molar-refractivity contribution in [3.8, 4) is 0 Å². The Bertz CT molecular complexity index is 344. The van der Waals surface area contributed by atoms with Gasteiger partial charge in [-0.1, -0.05) is 30.3 Å². The van der Waals surface area contributed by atoms with E-state index in [1.54, 1.807) is 6.92 Å². The summed E-state index contributed by atoms with van der Waals surface area (Å²) in [7, 11) is 0. The summed E-state index contributed by atoms with van der Waals surface area (Å²) in [6.45, 7) is 1.97. The van der Waals surface area contributed by atoms with E-state index in [-0.39, 0.29) is 6.42 Å². The molecule has 0 radical (unpaired) electrons. The van der Waals surface area contributed by atoms with Crippen molar-refractivity contribution >= 4 is 0 Å². The first-order valence-electron chi connectivity index (χ1n) is 5.80. The highest BCUT2D eigenvalue weighted by molar-refractivity contribution is 5.13. The van der Waals surface area contributed by atoms with Gasteiger partial charge in [-0.05, 0) is 12.5 Å². The Kier molecular flexibility index (Phi) is 4.10. The molecule has 1 heterocycles. The van der Waals surface area contributed by atoms with Crippen LogP contribution in [0.3, 0.4) is 0 Å². The number of ether oxygens (including phenoxy) is 2. The molecule has 1 aliphatic heterocycles. The Morgan fingerprint density at radius 3 is 2.82 bits per heavy atom. The van der Waals surface area contributed by atoms with Crippen LogP contribution in [0.1, 0.15) is 18.9 Å². The molecule has 1 aliphatic rings. The molecule has 4 atom stereocenters. The van der Waals surface area contributed by atoms with E-state index in [2.05, 4.69) is 0 Å². The van der Waals surface area contributed by atoms with E-state index in [4.69, 9.17) is 9.47 Å². The minimum atomic E-state index is -1.08. The quantitative estimate of drug-likeness (QED) is 0.878. The van der Waals surface area contributed by atoms with Crippen molar-refractivity contribution in [1.82, 2.24) is 0 Å². The summed E-state index contributed by atoms with van der Waals surface area (Å²) < 4.78 is 24.0. The van der Waals surface area contributed by atoms with Crippen LogP contribution in [-0.2, 0) is 16.1 Å². The lowest BCUT2D eigenvalue weighted by atomic mass is 10.0. The molecule has 0 aromatic heterocycles. The van der Waals surface area contributed by atoms with Crippen molar-refractivity contribution in [1.29, 1.82) is 0 Å². The molecule has 0 amide bonds. The second-order valence-corrected chi connectivity index (χ2v) is 4.32. The maximum Gasteiger partial charge on any atom is 0.181 e. The highest BCUT2D eigenvalue weighted by Crippen LogP contribution is 2.24. The van der Waals surface area contributed by atoms with E-state index in [1.165, 1.54) is 0 Å². The van der Waals surface area contributed by atoms with Crippen LogP contribution in [0.4, 0.5) is 4.39 Å². The second-order valence-electron chi connectivity index (χ2n) is 4.32. The second kappa shape index (κ2) is 5.58. The van der Waals surface area contributed by atoms with E-state index in [9.17, 15) is 9.50 Å². The first-order chi connectivity index (χ1) is 8.16. The number of rotatable bonds is 3. The standard InChI is InChI=1S/C13H17FO3/c1-9-11(14)7-12(13(15)17-9)16-8-10-5-3-2-4-6-10/h2-6,9,11-13,15H,7-8H2,1H3/t9-,11+,12+,13+/m1/s1. The van der Waals surface area contributed by atoms with Crippen LogP contribution < -0.4 is 0 Å². The van der Waals surface area contributed by atoms with Gasteiger partial charge in [0, 0.05) is 6.42 Å². The lowest BCUT2D eigenvalue weighted by molar-refractivity contribution is -0.244. The SMILES string of the molecule is C[C@H]1O[C@H](O)[C@@H](OCc2ccccc2)C[C@@H]1F. The number of hydrogen-bond donors (Lipinski definition) is 1. The number of hydrogen-bond acceptors (Lipinski definition) is 3. The fraction of sp³-hybridized carbons (Fsp3) is 0.538. The van der Waals surface area contributed by atoms with Crippen LogP contribution in [-0.4, -0.2) is 29.8 Å². The Morgan fingerprint density at radius 1 is 1.41 bits per heavy atom. The summed E-state index contributed by atoms with van der Waals surface area (Å²) in [6.07, 6.45) is -3.11. The highest BCUT2D eigenvalue weighted by Gasteiger charge is 2.35. The van der Waals surface area contributed by atoms with Crippen molar-refractivity contribution in [3.05, 3.63) is 35.9 Å². The molecular formula is C13H17FO3. The number of aliphatic hydroxyl groups is 1. The minimum Gasteiger partial charge on any atom is -0.368 e. The fourth-order valence-corrected chi connectivity index (χ4v) is 1.85. The maximum absolute atomic E-state index is 13.4. The van der Waals surface area contributed by atoms with Crippen molar-refractivity contribution in [3.63, 3.8) is 0 Å². The molecule has 2 rings (SSSR count). The molecular weight excluding hydrogens is 223 g/mol. The Hall–Kier alpha value is -0.970. The van der Waals surface area contributed by atoms with Crippen LogP contribution in [0.15, 0.2) is 30.3 Å². The molecule has 17 heavy (non-hydrogen) atoms. The predicted molar refractivity (Wildman–Crippen MR) is 61.1 cm³/mol. The van der Waals surface area contributed by atoms with E-state index in [0.29, 0.717) is 6.61 Å². The topological polar surface area (TPSA) is 38.7 Å². The van der Waals surface area contributed by atoms with Gasteiger partial charge in [-0.15, -0.1) is 0 Å². The molecule has 1 aromatic rings. The summed E-state index contributed by atoms with van der Waals surface area (Å²) in [6, 6.07) is 9.58. The van der Waals surface area contributed by atoms with Gasteiger partial charge in [-0.3, -0.25) is 0 Å². The Balaban J connectivity index is 1.87. The summed E-state index contributed by atoms with van der Waals surface area (Å²) >= 11 is 0. The zero-order valence-corrected chi connectivity index (χ0v) is 9.75. The first-order valence-corrected chi connectivity index (χ1v) is 5.80. The third kappa shape index (κ3) is 3.25. The Morgan fingerprint density at radius 2 is 2.12 bits per heavy atom. The van der Waals surface area contributed by atoms with Crippen molar-refractivity contribution < 1.29 is 19.0 Å². The normalized spacial score (nSPS) is 33.6. The average Bonchev–Trinajstić information content (AvgIpc) is 2.33. The largest absolute Gasteiger partial charge is 0.368 e.